The molecule has 1 saturated heterocycles. The van der Waals surface area contributed by atoms with Gasteiger partial charge < -0.3 is 15.2 Å². The molecule has 1 aromatic rings. The average molecular weight is 281 g/mol. The predicted molar refractivity (Wildman–Crippen MR) is 72.9 cm³/mol. The highest BCUT2D eigenvalue weighted by Gasteiger charge is 2.44. The van der Waals surface area contributed by atoms with Crippen molar-refractivity contribution in [3.63, 3.8) is 0 Å². The van der Waals surface area contributed by atoms with Gasteiger partial charge in [0.2, 0.25) is 0 Å². The number of aryl methyl sites for hydroxylation is 1. The maximum absolute atomic E-state index is 6.23. The second kappa shape index (κ2) is 5.36. The van der Waals surface area contributed by atoms with E-state index >= 15 is 0 Å². The van der Waals surface area contributed by atoms with Crippen LogP contribution in [0.5, 0.6) is 0 Å². The molecule has 1 spiro atoms. The van der Waals surface area contributed by atoms with Crippen LogP contribution in [0, 0.1) is 6.92 Å². The van der Waals surface area contributed by atoms with Crippen LogP contribution in [0.25, 0.3) is 0 Å². The number of rotatable bonds is 2. The Kier molecular flexibility index (Phi) is 3.75. The second-order valence-corrected chi connectivity index (χ2v) is 6.36. The molecule has 3 rings (SSSR count). The van der Waals surface area contributed by atoms with Crippen molar-refractivity contribution in [1.82, 2.24) is 9.97 Å². The van der Waals surface area contributed by atoms with Gasteiger partial charge in [-0.05, 0) is 19.4 Å². The van der Waals surface area contributed by atoms with Gasteiger partial charge in [-0.15, -0.1) is 0 Å². The van der Waals surface area contributed by atoms with Gasteiger partial charge in [-0.3, -0.25) is 0 Å². The minimum absolute atomic E-state index is 0.146. The molecule has 0 aromatic carbocycles. The summed E-state index contributed by atoms with van der Waals surface area (Å²) in [6.07, 6.45) is 4.41. The molecule has 2 unspecified atom stereocenters. The summed E-state index contributed by atoms with van der Waals surface area (Å²) in [5, 5.41) is 1.03. The van der Waals surface area contributed by atoms with Gasteiger partial charge in [-0.1, -0.05) is 11.8 Å². The molecule has 2 N–H and O–H groups in total. The molecule has 19 heavy (non-hydrogen) atoms. The van der Waals surface area contributed by atoms with Crippen LogP contribution in [-0.4, -0.2) is 40.3 Å². The third-order valence-corrected chi connectivity index (χ3v) is 4.92. The average Bonchev–Trinajstić information content (AvgIpc) is 2.83. The Morgan fingerprint density at radius 1 is 1.42 bits per heavy atom. The van der Waals surface area contributed by atoms with E-state index in [1.165, 1.54) is 0 Å². The zero-order chi connectivity index (χ0) is 13.3. The van der Waals surface area contributed by atoms with E-state index in [4.69, 9.17) is 15.2 Å². The standard InChI is InChI=1S/C13H19N3O2S/c1-9-3-5-15-12(16-9)19-11-8-13(4-2-10(11)14)17-6-7-18-13/h3,5,10-11H,2,4,6-8,14H2,1H3. The molecule has 0 radical (unpaired) electrons. The number of hydrogen-bond donors (Lipinski definition) is 1. The van der Waals surface area contributed by atoms with Gasteiger partial charge in [0, 0.05) is 36.0 Å². The molecule has 0 bridgehead atoms. The van der Waals surface area contributed by atoms with E-state index in [1.807, 2.05) is 13.0 Å². The minimum Gasteiger partial charge on any atom is -0.347 e. The molecule has 104 valence electrons. The van der Waals surface area contributed by atoms with Crippen molar-refractivity contribution in [2.24, 2.45) is 5.73 Å². The monoisotopic (exact) mass is 281 g/mol. The Balaban J connectivity index is 1.71. The van der Waals surface area contributed by atoms with E-state index in [-0.39, 0.29) is 11.3 Å². The summed E-state index contributed by atoms with van der Waals surface area (Å²) in [7, 11) is 0. The van der Waals surface area contributed by atoms with Crippen LogP contribution in [-0.2, 0) is 9.47 Å². The molecule has 1 aliphatic carbocycles. The fraction of sp³-hybridized carbons (Fsp3) is 0.692. The van der Waals surface area contributed by atoms with Gasteiger partial charge >= 0.3 is 0 Å². The van der Waals surface area contributed by atoms with Crippen LogP contribution in [0.3, 0.4) is 0 Å². The van der Waals surface area contributed by atoms with Crippen LogP contribution < -0.4 is 5.73 Å². The lowest BCUT2D eigenvalue weighted by molar-refractivity contribution is -0.176. The van der Waals surface area contributed by atoms with Crippen LogP contribution in [0.4, 0.5) is 0 Å². The quantitative estimate of drug-likeness (QED) is 0.828. The Hall–Kier alpha value is -0.690. The molecular weight excluding hydrogens is 262 g/mol. The number of hydrogen-bond acceptors (Lipinski definition) is 6. The molecule has 6 heteroatoms. The van der Waals surface area contributed by atoms with Crippen LogP contribution in [0.1, 0.15) is 25.0 Å². The minimum atomic E-state index is -0.405. The zero-order valence-electron chi connectivity index (χ0n) is 11.0. The maximum Gasteiger partial charge on any atom is 0.188 e. The maximum atomic E-state index is 6.23. The highest BCUT2D eigenvalue weighted by Crippen LogP contribution is 2.41. The fourth-order valence-electron chi connectivity index (χ4n) is 2.64. The normalized spacial score (nSPS) is 29.8. The summed E-state index contributed by atoms with van der Waals surface area (Å²) in [5.74, 6) is -0.405. The van der Waals surface area contributed by atoms with Crippen LogP contribution in [0.2, 0.25) is 0 Å². The first-order chi connectivity index (χ1) is 9.17. The summed E-state index contributed by atoms with van der Waals surface area (Å²) < 4.78 is 11.6. The molecule has 2 atom stereocenters. The van der Waals surface area contributed by atoms with Crippen molar-refractivity contribution >= 4 is 11.8 Å². The first-order valence-corrected chi connectivity index (χ1v) is 7.55. The van der Waals surface area contributed by atoms with Gasteiger partial charge in [0.15, 0.2) is 10.9 Å². The van der Waals surface area contributed by atoms with E-state index in [0.717, 1.165) is 30.1 Å². The molecule has 1 aromatic heterocycles. The van der Waals surface area contributed by atoms with Gasteiger partial charge in [0.1, 0.15) is 0 Å². The first kappa shape index (κ1) is 13.3. The summed E-state index contributed by atoms with van der Waals surface area (Å²) in [6.45, 7) is 3.35. The van der Waals surface area contributed by atoms with Crippen molar-refractivity contribution in [2.45, 2.75) is 48.4 Å². The summed E-state index contributed by atoms with van der Waals surface area (Å²) in [5.41, 5.74) is 7.21. The molecular formula is C13H19N3O2S. The van der Waals surface area contributed by atoms with E-state index in [0.29, 0.717) is 13.2 Å². The summed E-state index contributed by atoms with van der Waals surface area (Å²) in [4.78, 5) is 8.73. The van der Waals surface area contributed by atoms with E-state index in [1.54, 1.807) is 18.0 Å². The van der Waals surface area contributed by atoms with Gasteiger partial charge in [0.25, 0.3) is 0 Å². The highest BCUT2D eigenvalue weighted by molar-refractivity contribution is 7.99. The molecule has 2 heterocycles. The third-order valence-electron chi connectivity index (χ3n) is 3.69. The molecule has 5 nitrogen and oxygen atoms in total. The zero-order valence-corrected chi connectivity index (χ0v) is 11.9. The Bertz CT molecular complexity index is 451. The number of nitrogens with two attached hydrogens (primary N) is 1. The topological polar surface area (TPSA) is 70.3 Å². The van der Waals surface area contributed by atoms with E-state index < -0.39 is 5.79 Å². The van der Waals surface area contributed by atoms with Gasteiger partial charge in [-0.25, -0.2) is 9.97 Å². The van der Waals surface area contributed by atoms with Gasteiger partial charge in [0.05, 0.1) is 13.2 Å². The molecule has 2 fully saturated rings. The molecule has 2 aliphatic rings. The summed E-state index contributed by atoms with van der Waals surface area (Å²) in [6, 6.07) is 2.04. The van der Waals surface area contributed by atoms with Crippen molar-refractivity contribution in [2.75, 3.05) is 13.2 Å². The number of aromatic nitrogens is 2. The smallest absolute Gasteiger partial charge is 0.188 e. The summed E-state index contributed by atoms with van der Waals surface area (Å²) >= 11 is 1.64. The van der Waals surface area contributed by atoms with Crippen molar-refractivity contribution in [3.8, 4) is 0 Å². The molecule has 1 aliphatic heterocycles. The highest BCUT2D eigenvalue weighted by atomic mass is 32.2. The predicted octanol–water partition coefficient (Wildman–Crippen LogP) is 1.50. The van der Waals surface area contributed by atoms with Crippen molar-refractivity contribution < 1.29 is 9.47 Å². The third kappa shape index (κ3) is 2.91. The second-order valence-electron chi connectivity index (χ2n) is 5.15. The van der Waals surface area contributed by atoms with Gasteiger partial charge in [-0.2, -0.15) is 0 Å². The van der Waals surface area contributed by atoms with Crippen molar-refractivity contribution in [1.29, 1.82) is 0 Å². The SMILES string of the molecule is Cc1ccnc(SC2CC3(CCC2N)OCCO3)n1. The number of ether oxygens (including phenoxy) is 2. The van der Waals surface area contributed by atoms with E-state index in [9.17, 15) is 0 Å². The van der Waals surface area contributed by atoms with Crippen LogP contribution in [0.15, 0.2) is 17.4 Å². The number of nitrogens with zero attached hydrogens (tertiary/aromatic N) is 2. The molecule has 1 saturated carbocycles. The lowest BCUT2D eigenvalue weighted by Gasteiger charge is -2.38. The Morgan fingerprint density at radius 2 is 2.21 bits per heavy atom. The van der Waals surface area contributed by atoms with E-state index in [2.05, 4.69) is 9.97 Å². The fourth-order valence-corrected chi connectivity index (χ4v) is 3.88. The largest absolute Gasteiger partial charge is 0.347 e. The molecule has 0 amide bonds. The lowest BCUT2D eigenvalue weighted by Crippen LogP contribution is -2.47. The Labute approximate surface area is 117 Å². The Morgan fingerprint density at radius 3 is 2.95 bits per heavy atom. The number of thioether (sulfide) groups is 1. The van der Waals surface area contributed by atoms with Crippen molar-refractivity contribution in [3.05, 3.63) is 18.0 Å². The van der Waals surface area contributed by atoms with Crippen LogP contribution >= 0.6 is 11.8 Å². The first-order valence-electron chi connectivity index (χ1n) is 6.67. The lowest BCUT2D eigenvalue weighted by atomic mass is 9.90.